The molecule has 0 aliphatic carbocycles. The average molecular weight is 388 g/mol. The highest BCUT2D eigenvalue weighted by molar-refractivity contribution is 6.23. The Morgan fingerprint density at radius 3 is 2.32 bits per heavy atom. The summed E-state index contributed by atoms with van der Waals surface area (Å²) in [6.07, 6.45) is 0.288. The quantitative estimate of drug-likeness (QED) is 0.442. The van der Waals surface area contributed by atoms with Gasteiger partial charge < -0.3 is 15.3 Å². The molecule has 10 heteroatoms. The molecule has 0 saturated carbocycles. The lowest BCUT2D eigenvalue weighted by Gasteiger charge is -2.29. The Bertz CT molecular complexity index is 833. The first kappa shape index (κ1) is 19.5. The number of nitrogens with zero attached hydrogens (tertiary/aromatic N) is 2. The highest BCUT2D eigenvalue weighted by Crippen LogP contribution is 2.30. The highest BCUT2D eigenvalue weighted by atomic mass is 16.3. The largest absolute Gasteiger partial charge is 0.483 e. The summed E-state index contributed by atoms with van der Waals surface area (Å²) in [5.41, 5.74) is 1.53. The van der Waals surface area contributed by atoms with Gasteiger partial charge in [-0.25, -0.2) is 0 Å². The number of hydrogen-bond donors (Lipinski definition) is 3. The number of carboxylic acid groups (broad SMARTS) is 1. The van der Waals surface area contributed by atoms with Gasteiger partial charge in [0, 0.05) is 38.3 Å². The number of fused-ring (bicyclic) bond motifs is 1. The van der Waals surface area contributed by atoms with Gasteiger partial charge >= 0.3 is 0 Å². The molecule has 0 aromatic heterocycles. The van der Waals surface area contributed by atoms with Crippen LogP contribution in [-0.4, -0.2) is 72.3 Å². The lowest BCUT2D eigenvalue weighted by molar-refractivity contribution is -0.136. The molecule has 4 rings (SSSR count). The van der Waals surface area contributed by atoms with Gasteiger partial charge in [0.05, 0.1) is 11.1 Å². The minimum atomic E-state index is -0.923. The van der Waals surface area contributed by atoms with E-state index in [2.05, 4.69) is 15.5 Å². The number of benzene rings is 1. The van der Waals surface area contributed by atoms with Crippen LogP contribution in [0.15, 0.2) is 18.2 Å². The molecule has 3 aliphatic heterocycles. The monoisotopic (exact) mass is 388 g/mol. The van der Waals surface area contributed by atoms with Gasteiger partial charge in [0.1, 0.15) is 6.04 Å². The first-order chi connectivity index (χ1) is 13.5. The molecule has 1 unspecified atom stereocenters. The molecule has 2 saturated heterocycles. The Morgan fingerprint density at radius 2 is 1.68 bits per heavy atom. The summed E-state index contributed by atoms with van der Waals surface area (Å²) >= 11 is 0. The van der Waals surface area contributed by atoms with Gasteiger partial charge in [-0.05, 0) is 24.6 Å². The van der Waals surface area contributed by atoms with Crippen molar-refractivity contribution in [2.45, 2.75) is 18.9 Å². The molecule has 3 N–H and O–H groups in total. The van der Waals surface area contributed by atoms with Crippen molar-refractivity contribution >= 4 is 35.8 Å². The fourth-order valence-corrected chi connectivity index (χ4v) is 3.58. The molecule has 10 nitrogen and oxygen atoms in total. The van der Waals surface area contributed by atoms with Crippen LogP contribution in [0.5, 0.6) is 0 Å². The number of anilines is 1. The third-order valence-electron chi connectivity index (χ3n) is 4.91. The fourth-order valence-electron chi connectivity index (χ4n) is 3.58. The molecule has 2 fully saturated rings. The van der Waals surface area contributed by atoms with E-state index in [4.69, 9.17) is 9.90 Å². The van der Waals surface area contributed by atoms with Gasteiger partial charge in [-0.2, -0.15) is 0 Å². The van der Waals surface area contributed by atoms with Gasteiger partial charge in [-0.1, -0.05) is 0 Å². The van der Waals surface area contributed by atoms with Gasteiger partial charge in [0.2, 0.25) is 11.8 Å². The Hall–Kier alpha value is -3.27. The van der Waals surface area contributed by atoms with E-state index in [1.54, 1.807) is 12.1 Å². The Kier molecular flexibility index (Phi) is 5.69. The van der Waals surface area contributed by atoms with Gasteiger partial charge in [-0.3, -0.25) is 34.2 Å². The fraction of sp³-hybridized carbons (Fsp3) is 0.389. The summed E-state index contributed by atoms with van der Waals surface area (Å²) in [6.45, 7) is 3.15. The smallest absolute Gasteiger partial charge is 0.290 e. The van der Waals surface area contributed by atoms with Crippen molar-refractivity contribution in [3.63, 3.8) is 0 Å². The summed E-state index contributed by atoms with van der Waals surface area (Å²) in [7, 11) is 0. The van der Waals surface area contributed by atoms with Crippen LogP contribution in [-0.2, 0) is 14.4 Å². The second kappa shape index (κ2) is 8.17. The molecule has 1 aromatic carbocycles. The van der Waals surface area contributed by atoms with Crippen molar-refractivity contribution in [1.29, 1.82) is 0 Å². The SMILES string of the molecule is O=C1CCC(N2C(=O)c3ccc(N4CCNCC4)cc3C2=O)C(=O)N1.O=CO. The van der Waals surface area contributed by atoms with Crippen molar-refractivity contribution in [2.24, 2.45) is 0 Å². The van der Waals surface area contributed by atoms with Crippen LogP contribution in [0.3, 0.4) is 0 Å². The molecular formula is C18H20N4O6. The van der Waals surface area contributed by atoms with E-state index in [1.165, 1.54) is 0 Å². The van der Waals surface area contributed by atoms with E-state index in [9.17, 15) is 19.2 Å². The van der Waals surface area contributed by atoms with Gasteiger partial charge in [-0.15, -0.1) is 0 Å². The third-order valence-corrected chi connectivity index (χ3v) is 4.91. The number of rotatable bonds is 2. The van der Waals surface area contributed by atoms with Crippen LogP contribution in [0.2, 0.25) is 0 Å². The first-order valence-corrected chi connectivity index (χ1v) is 8.87. The number of imide groups is 2. The molecule has 4 amide bonds. The second-order valence-corrected chi connectivity index (χ2v) is 6.52. The number of nitrogens with one attached hydrogen (secondary N) is 2. The average Bonchev–Trinajstić information content (AvgIpc) is 2.94. The third kappa shape index (κ3) is 3.58. The summed E-state index contributed by atoms with van der Waals surface area (Å²) in [5, 5.41) is 12.4. The molecule has 3 heterocycles. The Morgan fingerprint density at radius 1 is 1.04 bits per heavy atom. The molecule has 28 heavy (non-hydrogen) atoms. The minimum absolute atomic E-state index is 0.121. The number of carbonyl (C=O) groups is 5. The zero-order valence-electron chi connectivity index (χ0n) is 15.0. The van der Waals surface area contributed by atoms with E-state index in [1.807, 2.05) is 6.07 Å². The van der Waals surface area contributed by atoms with Crippen molar-refractivity contribution in [2.75, 3.05) is 31.1 Å². The standard InChI is InChI=1S/C17H18N4O4.CH2O2/c22-14-4-3-13(15(23)19-14)21-16(24)11-2-1-10(9-12(11)17(21)25)20-7-5-18-6-8-20;2-1-3/h1-2,9,13,18H,3-8H2,(H,19,22,23);1H,(H,2,3). The maximum absolute atomic E-state index is 12.8. The van der Waals surface area contributed by atoms with Gasteiger partial charge in [0.15, 0.2) is 0 Å². The number of piperidine rings is 1. The van der Waals surface area contributed by atoms with Crippen molar-refractivity contribution < 1.29 is 29.1 Å². The van der Waals surface area contributed by atoms with E-state index >= 15 is 0 Å². The van der Waals surface area contributed by atoms with Crippen LogP contribution in [0, 0.1) is 0 Å². The summed E-state index contributed by atoms with van der Waals surface area (Å²) in [6, 6.07) is 4.29. The Labute approximate surface area is 160 Å². The predicted octanol–water partition coefficient (Wildman–Crippen LogP) is -0.802. The molecule has 0 radical (unpaired) electrons. The zero-order valence-corrected chi connectivity index (χ0v) is 15.0. The zero-order chi connectivity index (χ0) is 20.3. The summed E-state index contributed by atoms with van der Waals surface area (Å²) in [5.74, 6) is -1.90. The van der Waals surface area contributed by atoms with Crippen LogP contribution in [0.4, 0.5) is 5.69 Å². The van der Waals surface area contributed by atoms with Crippen LogP contribution in [0.1, 0.15) is 33.6 Å². The topological polar surface area (TPSA) is 136 Å². The maximum Gasteiger partial charge on any atom is 0.290 e. The predicted molar refractivity (Wildman–Crippen MR) is 96.9 cm³/mol. The van der Waals surface area contributed by atoms with E-state index in [0.29, 0.717) is 11.1 Å². The van der Waals surface area contributed by atoms with E-state index < -0.39 is 23.8 Å². The second-order valence-electron chi connectivity index (χ2n) is 6.52. The minimum Gasteiger partial charge on any atom is -0.483 e. The summed E-state index contributed by atoms with van der Waals surface area (Å²) in [4.78, 5) is 60.3. The molecule has 0 bridgehead atoms. The highest BCUT2D eigenvalue weighted by Gasteiger charge is 2.44. The van der Waals surface area contributed by atoms with E-state index in [-0.39, 0.29) is 25.2 Å². The number of amides is 4. The molecule has 148 valence electrons. The molecule has 0 spiro atoms. The van der Waals surface area contributed by atoms with Crippen LogP contribution >= 0.6 is 0 Å². The van der Waals surface area contributed by atoms with Crippen LogP contribution < -0.4 is 15.5 Å². The molecule has 1 aromatic rings. The van der Waals surface area contributed by atoms with Crippen LogP contribution in [0.25, 0.3) is 0 Å². The summed E-state index contributed by atoms with van der Waals surface area (Å²) < 4.78 is 0. The van der Waals surface area contributed by atoms with E-state index in [0.717, 1.165) is 36.8 Å². The van der Waals surface area contributed by atoms with Gasteiger partial charge in [0.25, 0.3) is 18.3 Å². The molecule has 3 aliphatic rings. The lowest BCUT2D eigenvalue weighted by atomic mass is 10.0. The Balaban J connectivity index is 0.000000706. The normalized spacial score (nSPS) is 21.6. The maximum atomic E-state index is 12.8. The van der Waals surface area contributed by atoms with Crippen molar-refractivity contribution in [3.8, 4) is 0 Å². The van der Waals surface area contributed by atoms with Crippen molar-refractivity contribution in [3.05, 3.63) is 29.3 Å². The van der Waals surface area contributed by atoms with Crippen molar-refractivity contribution in [1.82, 2.24) is 15.5 Å². The molecule has 1 atom stereocenters. The first-order valence-electron chi connectivity index (χ1n) is 8.87. The number of piperazine rings is 1. The lowest BCUT2D eigenvalue weighted by Crippen LogP contribution is -2.54. The molecular weight excluding hydrogens is 368 g/mol. The number of hydrogen-bond acceptors (Lipinski definition) is 7. The number of carbonyl (C=O) groups excluding carboxylic acids is 4.